The highest BCUT2D eigenvalue weighted by Gasteiger charge is 2.57. The summed E-state index contributed by atoms with van der Waals surface area (Å²) in [6, 6.07) is 7.43. The van der Waals surface area contributed by atoms with E-state index in [1.54, 1.807) is 0 Å². The van der Waals surface area contributed by atoms with E-state index >= 15 is 0 Å². The number of hydrogen-bond acceptors (Lipinski definition) is 3. The number of benzene rings is 1. The van der Waals surface area contributed by atoms with E-state index in [4.69, 9.17) is 0 Å². The van der Waals surface area contributed by atoms with Crippen molar-refractivity contribution in [3.05, 3.63) is 34.3 Å². The molecule has 1 aromatic carbocycles. The minimum atomic E-state index is -3.14. The number of carbonyl (C=O) groups is 1. The van der Waals surface area contributed by atoms with Crippen LogP contribution in [-0.2, 0) is 14.6 Å². The highest BCUT2D eigenvalue weighted by atomic mass is 79.9. The lowest BCUT2D eigenvalue weighted by molar-refractivity contribution is -0.108. The molecule has 1 aromatic rings. The van der Waals surface area contributed by atoms with Crippen LogP contribution in [0.15, 0.2) is 28.7 Å². The maximum absolute atomic E-state index is 11.4. The van der Waals surface area contributed by atoms with Gasteiger partial charge in [0.25, 0.3) is 0 Å². The normalized spacial score (nSPS) is 28.8. The Morgan fingerprint density at radius 1 is 1.25 bits per heavy atom. The molecule has 3 atom stereocenters. The van der Waals surface area contributed by atoms with E-state index in [0.29, 0.717) is 0 Å². The second-order valence-electron chi connectivity index (χ2n) is 4.08. The molecule has 0 aliphatic heterocycles. The molecule has 0 aromatic heterocycles. The summed E-state index contributed by atoms with van der Waals surface area (Å²) in [7, 11) is -3.14. The molecule has 0 bridgehead atoms. The molecule has 3 nitrogen and oxygen atoms in total. The highest BCUT2D eigenvalue weighted by molar-refractivity contribution is 9.10. The summed E-state index contributed by atoms with van der Waals surface area (Å²) < 4.78 is 23.8. The van der Waals surface area contributed by atoms with Gasteiger partial charge >= 0.3 is 0 Å². The maximum atomic E-state index is 11.4. The minimum Gasteiger partial charge on any atom is -0.303 e. The van der Waals surface area contributed by atoms with Crippen molar-refractivity contribution in [2.45, 2.75) is 11.2 Å². The van der Waals surface area contributed by atoms with Crippen molar-refractivity contribution in [3.8, 4) is 0 Å². The molecule has 0 heterocycles. The number of aldehydes is 1. The van der Waals surface area contributed by atoms with Crippen molar-refractivity contribution in [3.63, 3.8) is 0 Å². The van der Waals surface area contributed by atoms with Crippen LogP contribution in [0.5, 0.6) is 0 Å². The van der Waals surface area contributed by atoms with E-state index in [1.165, 1.54) is 6.26 Å². The first-order chi connectivity index (χ1) is 7.45. The molecule has 0 saturated heterocycles. The van der Waals surface area contributed by atoms with Crippen LogP contribution >= 0.6 is 15.9 Å². The molecule has 0 N–H and O–H groups in total. The van der Waals surface area contributed by atoms with Crippen LogP contribution in [-0.4, -0.2) is 26.2 Å². The molecule has 16 heavy (non-hydrogen) atoms. The fourth-order valence-corrected chi connectivity index (χ4v) is 3.97. The van der Waals surface area contributed by atoms with Crippen LogP contribution < -0.4 is 0 Å². The van der Waals surface area contributed by atoms with E-state index < -0.39 is 15.1 Å². The Morgan fingerprint density at radius 3 is 2.19 bits per heavy atom. The molecule has 1 fully saturated rings. The summed E-state index contributed by atoms with van der Waals surface area (Å²) in [4.78, 5) is 10.8. The third kappa shape index (κ3) is 2.06. The third-order valence-electron chi connectivity index (χ3n) is 2.91. The van der Waals surface area contributed by atoms with Gasteiger partial charge in [0, 0.05) is 22.6 Å². The van der Waals surface area contributed by atoms with Crippen LogP contribution in [0.25, 0.3) is 0 Å². The van der Waals surface area contributed by atoms with Gasteiger partial charge in [0.2, 0.25) is 0 Å². The van der Waals surface area contributed by atoms with Crippen molar-refractivity contribution in [1.82, 2.24) is 0 Å². The summed E-state index contributed by atoms with van der Waals surface area (Å²) in [5, 5.41) is -0.536. The minimum absolute atomic E-state index is 0.166. The van der Waals surface area contributed by atoms with Gasteiger partial charge in [-0.05, 0) is 17.7 Å². The molecule has 0 amide bonds. The van der Waals surface area contributed by atoms with Crippen LogP contribution in [0.4, 0.5) is 0 Å². The molecule has 1 saturated carbocycles. The lowest BCUT2D eigenvalue weighted by Gasteiger charge is -1.99. The van der Waals surface area contributed by atoms with E-state index in [-0.39, 0.29) is 11.8 Å². The average molecular weight is 303 g/mol. The quantitative estimate of drug-likeness (QED) is 0.800. The predicted molar refractivity (Wildman–Crippen MR) is 65.1 cm³/mol. The fourth-order valence-electron chi connectivity index (χ4n) is 2.12. The summed E-state index contributed by atoms with van der Waals surface area (Å²) >= 11 is 3.31. The van der Waals surface area contributed by atoms with Gasteiger partial charge in [-0.1, -0.05) is 28.1 Å². The van der Waals surface area contributed by atoms with Gasteiger partial charge < -0.3 is 4.79 Å². The zero-order chi connectivity index (χ0) is 11.9. The SMILES string of the molecule is CS(=O)(=O)[C@@H]1[C@@H](C=O)[C@H]1c1ccc(Br)cc1. The van der Waals surface area contributed by atoms with Crippen molar-refractivity contribution in [2.75, 3.05) is 6.26 Å². The molecule has 0 unspecified atom stereocenters. The van der Waals surface area contributed by atoms with Gasteiger partial charge in [0.05, 0.1) is 5.25 Å². The Kier molecular flexibility index (Phi) is 2.92. The Balaban J connectivity index is 2.30. The van der Waals surface area contributed by atoms with Gasteiger partial charge in [-0.3, -0.25) is 0 Å². The van der Waals surface area contributed by atoms with E-state index in [9.17, 15) is 13.2 Å². The molecule has 0 radical (unpaired) electrons. The van der Waals surface area contributed by atoms with Crippen molar-refractivity contribution in [1.29, 1.82) is 0 Å². The number of sulfone groups is 1. The standard InChI is InChI=1S/C11H11BrO3S/c1-16(14,15)11-9(6-13)10(11)7-2-4-8(12)5-3-7/h2-6,9-11H,1H3/t9-,10+,11+/m0/s1. The third-order valence-corrected chi connectivity index (χ3v) is 5.04. The van der Waals surface area contributed by atoms with Crippen molar-refractivity contribution in [2.24, 2.45) is 5.92 Å². The summed E-state index contributed by atoms with van der Waals surface area (Å²) in [6.07, 6.45) is 1.94. The molecular weight excluding hydrogens is 292 g/mol. The molecular formula is C11H11BrO3S. The molecule has 1 aliphatic carbocycles. The zero-order valence-electron chi connectivity index (χ0n) is 8.63. The maximum Gasteiger partial charge on any atom is 0.151 e. The number of rotatable bonds is 3. The van der Waals surface area contributed by atoms with E-state index in [0.717, 1.165) is 16.3 Å². The smallest absolute Gasteiger partial charge is 0.151 e. The van der Waals surface area contributed by atoms with Gasteiger partial charge in [0.1, 0.15) is 6.29 Å². The average Bonchev–Trinajstić information content (AvgIpc) is 2.92. The lowest BCUT2D eigenvalue weighted by atomic mass is 10.1. The van der Waals surface area contributed by atoms with Crippen molar-refractivity contribution < 1.29 is 13.2 Å². The topological polar surface area (TPSA) is 51.2 Å². The summed E-state index contributed by atoms with van der Waals surface area (Å²) in [6.45, 7) is 0. The second-order valence-corrected chi connectivity index (χ2v) is 7.20. The Labute approximate surface area is 103 Å². The Morgan fingerprint density at radius 2 is 1.81 bits per heavy atom. The zero-order valence-corrected chi connectivity index (χ0v) is 11.0. The number of halogens is 1. The van der Waals surface area contributed by atoms with Crippen LogP contribution in [0, 0.1) is 5.92 Å². The van der Waals surface area contributed by atoms with Gasteiger partial charge in [0.15, 0.2) is 9.84 Å². The fraction of sp³-hybridized carbons (Fsp3) is 0.364. The molecule has 86 valence electrons. The van der Waals surface area contributed by atoms with Gasteiger partial charge in [-0.15, -0.1) is 0 Å². The van der Waals surface area contributed by atoms with E-state index in [2.05, 4.69) is 15.9 Å². The molecule has 0 spiro atoms. The van der Waals surface area contributed by atoms with Crippen LogP contribution in [0.3, 0.4) is 0 Å². The van der Waals surface area contributed by atoms with Crippen molar-refractivity contribution >= 4 is 32.1 Å². The first-order valence-corrected chi connectivity index (χ1v) is 7.59. The predicted octanol–water partition coefficient (Wildman–Crippen LogP) is 1.77. The monoisotopic (exact) mass is 302 g/mol. The second kappa shape index (κ2) is 3.96. The molecule has 5 heteroatoms. The summed E-state index contributed by atoms with van der Waals surface area (Å²) in [5.41, 5.74) is 0.913. The van der Waals surface area contributed by atoms with Crippen LogP contribution in [0.1, 0.15) is 11.5 Å². The van der Waals surface area contributed by atoms with Gasteiger partial charge in [-0.25, -0.2) is 8.42 Å². The first-order valence-electron chi connectivity index (χ1n) is 4.85. The Bertz CT molecular complexity index is 507. The molecule has 2 rings (SSSR count). The number of carbonyl (C=O) groups excluding carboxylic acids is 1. The van der Waals surface area contributed by atoms with Gasteiger partial charge in [-0.2, -0.15) is 0 Å². The molecule has 1 aliphatic rings. The van der Waals surface area contributed by atoms with Crippen LogP contribution in [0.2, 0.25) is 0 Å². The first kappa shape index (κ1) is 11.8. The summed E-state index contributed by atoms with van der Waals surface area (Å²) in [5.74, 6) is -0.545. The lowest BCUT2D eigenvalue weighted by Crippen LogP contribution is -2.07. The largest absolute Gasteiger partial charge is 0.303 e. The van der Waals surface area contributed by atoms with E-state index in [1.807, 2.05) is 24.3 Å². The highest BCUT2D eigenvalue weighted by Crippen LogP contribution is 2.50. The Hall–Kier alpha value is -0.680. The number of hydrogen-bond donors (Lipinski definition) is 0.